The fourth-order valence-electron chi connectivity index (χ4n) is 3.53. The van der Waals surface area contributed by atoms with Gasteiger partial charge in [-0.05, 0) is 61.9 Å². The number of hydrogen-bond donors (Lipinski definition) is 1. The number of carbonyl (C=O) groups is 1. The van der Waals surface area contributed by atoms with Crippen molar-refractivity contribution >= 4 is 28.0 Å². The Balaban J connectivity index is 1.69. The minimum Gasteiger partial charge on any atom is -0.494 e. The van der Waals surface area contributed by atoms with Gasteiger partial charge in [-0.1, -0.05) is 52.3 Å². The maximum Gasteiger partial charge on any atom is 0.330 e. The number of nitrogens with zero attached hydrogens (tertiary/aromatic N) is 1. The molecule has 1 aromatic heterocycles. The summed E-state index contributed by atoms with van der Waals surface area (Å²) in [4.78, 5) is 20.0. The first-order chi connectivity index (χ1) is 16.6. The van der Waals surface area contributed by atoms with Crippen LogP contribution in [0.2, 0.25) is 0 Å². The van der Waals surface area contributed by atoms with Gasteiger partial charge < -0.3 is 14.5 Å². The number of imidazole rings is 1. The van der Waals surface area contributed by atoms with Crippen molar-refractivity contribution in [1.29, 1.82) is 0 Å². The zero-order valence-electron chi connectivity index (χ0n) is 19.0. The molecule has 0 spiro atoms. The van der Waals surface area contributed by atoms with Crippen molar-refractivity contribution in [1.82, 2.24) is 9.97 Å². The molecule has 0 aliphatic heterocycles. The van der Waals surface area contributed by atoms with Gasteiger partial charge in [-0.2, -0.15) is 0 Å². The molecule has 0 unspecified atom stereocenters. The third kappa shape index (κ3) is 5.64. The monoisotopic (exact) mass is 516 g/mol. The van der Waals surface area contributed by atoms with Crippen molar-refractivity contribution in [3.8, 4) is 39.7 Å². The average Bonchev–Trinajstić information content (AvgIpc) is 3.30. The molecular formula is C28H25BrN2O3. The molecule has 0 saturated carbocycles. The van der Waals surface area contributed by atoms with Crippen LogP contribution >= 0.6 is 15.9 Å². The van der Waals surface area contributed by atoms with E-state index in [1.807, 2.05) is 67.6 Å². The average molecular weight is 517 g/mol. The lowest BCUT2D eigenvalue weighted by molar-refractivity contribution is -0.137. The number of esters is 1. The first-order valence-electron chi connectivity index (χ1n) is 11.1. The molecule has 1 N–H and O–H groups in total. The molecule has 0 fully saturated rings. The summed E-state index contributed by atoms with van der Waals surface area (Å²) in [5.41, 5.74) is 5.70. The van der Waals surface area contributed by atoms with E-state index in [1.54, 1.807) is 13.0 Å². The van der Waals surface area contributed by atoms with Crippen LogP contribution in [0.1, 0.15) is 19.4 Å². The summed E-state index contributed by atoms with van der Waals surface area (Å²) in [5.74, 6) is 1.25. The highest BCUT2D eigenvalue weighted by atomic mass is 79.9. The van der Waals surface area contributed by atoms with Crippen molar-refractivity contribution in [3.63, 3.8) is 0 Å². The maximum atomic E-state index is 11.6. The van der Waals surface area contributed by atoms with Gasteiger partial charge in [0.25, 0.3) is 0 Å². The lowest BCUT2D eigenvalue weighted by Gasteiger charge is -2.06. The van der Waals surface area contributed by atoms with Gasteiger partial charge in [0, 0.05) is 27.2 Å². The van der Waals surface area contributed by atoms with Gasteiger partial charge in [0.15, 0.2) is 0 Å². The molecule has 0 radical (unpaired) electrons. The van der Waals surface area contributed by atoms with E-state index >= 15 is 0 Å². The molecule has 0 amide bonds. The van der Waals surface area contributed by atoms with E-state index in [4.69, 9.17) is 14.5 Å². The lowest BCUT2D eigenvalue weighted by Crippen LogP contribution is -1.98. The van der Waals surface area contributed by atoms with Gasteiger partial charge in [0.05, 0.1) is 24.6 Å². The number of aromatic nitrogens is 2. The largest absolute Gasteiger partial charge is 0.494 e. The fraction of sp³-hybridized carbons (Fsp3) is 0.143. The Labute approximate surface area is 207 Å². The minimum atomic E-state index is -0.350. The third-order valence-corrected chi connectivity index (χ3v) is 5.69. The van der Waals surface area contributed by atoms with Gasteiger partial charge in [-0.3, -0.25) is 0 Å². The SMILES string of the molecule is CCOC(=O)/C=C/c1ccc(-c2nc(-c3ccc(OCC)cc3)c(-c3ccc(Br)cc3)[nH]2)cc1. The Hall–Kier alpha value is -3.64. The number of benzene rings is 3. The van der Waals surface area contributed by atoms with Crippen molar-refractivity contribution < 1.29 is 14.3 Å². The first kappa shape index (κ1) is 23.5. The number of carbonyl (C=O) groups excluding carboxylic acids is 1. The topological polar surface area (TPSA) is 64.2 Å². The zero-order chi connectivity index (χ0) is 23.9. The molecule has 0 aliphatic carbocycles. The van der Waals surface area contributed by atoms with E-state index in [1.165, 1.54) is 6.08 Å². The van der Waals surface area contributed by atoms with Crippen LogP contribution in [0.25, 0.3) is 40.0 Å². The number of hydrogen-bond acceptors (Lipinski definition) is 4. The van der Waals surface area contributed by atoms with Crippen molar-refractivity contribution in [2.24, 2.45) is 0 Å². The predicted molar refractivity (Wildman–Crippen MR) is 139 cm³/mol. The molecule has 0 atom stereocenters. The number of aromatic amines is 1. The van der Waals surface area contributed by atoms with Crippen LogP contribution in [-0.2, 0) is 9.53 Å². The van der Waals surface area contributed by atoms with Crippen LogP contribution in [-0.4, -0.2) is 29.2 Å². The highest BCUT2D eigenvalue weighted by Gasteiger charge is 2.15. The maximum absolute atomic E-state index is 11.6. The van der Waals surface area contributed by atoms with E-state index in [2.05, 4.69) is 33.0 Å². The van der Waals surface area contributed by atoms with Gasteiger partial charge in [0.1, 0.15) is 11.6 Å². The molecule has 3 aromatic carbocycles. The predicted octanol–water partition coefficient (Wildman–Crippen LogP) is 7.15. The van der Waals surface area contributed by atoms with E-state index in [0.29, 0.717) is 13.2 Å². The summed E-state index contributed by atoms with van der Waals surface area (Å²) < 4.78 is 11.5. The fourth-order valence-corrected chi connectivity index (χ4v) is 3.79. The van der Waals surface area contributed by atoms with Crippen molar-refractivity contribution in [2.45, 2.75) is 13.8 Å². The number of rotatable bonds is 8. The smallest absolute Gasteiger partial charge is 0.330 e. The Bertz CT molecular complexity index is 1270. The Morgan fingerprint density at radius 1 is 0.882 bits per heavy atom. The molecule has 4 rings (SSSR count). The van der Waals surface area contributed by atoms with Gasteiger partial charge >= 0.3 is 5.97 Å². The second-order valence-electron chi connectivity index (χ2n) is 7.48. The molecule has 1 heterocycles. The second kappa shape index (κ2) is 11.0. The highest BCUT2D eigenvalue weighted by molar-refractivity contribution is 9.10. The summed E-state index contributed by atoms with van der Waals surface area (Å²) in [6, 6.07) is 24.0. The molecule has 0 bridgehead atoms. The lowest BCUT2D eigenvalue weighted by atomic mass is 10.1. The first-order valence-corrected chi connectivity index (χ1v) is 11.9. The van der Waals surface area contributed by atoms with Crippen molar-refractivity contribution in [3.05, 3.63) is 88.9 Å². The number of H-pyrrole nitrogens is 1. The molecule has 0 saturated heterocycles. The molecule has 34 heavy (non-hydrogen) atoms. The molecule has 0 aliphatic rings. The van der Waals surface area contributed by atoms with Crippen LogP contribution in [0.3, 0.4) is 0 Å². The van der Waals surface area contributed by atoms with Crippen LogP contribution < -0.4 is 4.74 Å². The van der Waals surface area contributed by atoms with E-state index < -0.39 is 0 Å². The second-order valence-corrected chi connectivity index (χ2v) is 8.40. The number of nitrogens with one attached hydrogen (secondary N) is 1. The Morgan fingerprint density at radius 2 is 1.53 bits per heavy atom. The quantitative estimate of drug-likeness (QED) is 0.199. The number of halogens is 1. The summed E-state index contributed by atoms with van der Waals surface area (Å²) in [6.45, 7) is 4.74. The number of ether oxygens (including phenoxy) is 2. The summed E-state index contributed by atoms with van der Waals surface area (Å²) in [7, 11) is 0. The molecule has 6 heteroatoms. The zero-order valence-corrected chi connectivity index (χ0v) is 20.6. The van der Waals surface area contributed by atoms with Crippen molar-refractivity contribution in [2.75, 3.05) is 13.2 Å². The van der Waals surface area contributed by atoms with E-state index in [-0.39, 0.29) is 5.97 Å². The minimum absolute atomic E-state index is 0.350. The summed E-state index contributed by atoms with van der Waals surface area (Å²) in [6.07, 6.45) is 3.17. The molecule has 172 valence electrons. The van der Waals surface area contributed by atoms with Crippen LogP contribution in [0, 0.1) is 0 Å². The van der Waals surface area contributed by atoms with Crippen LogP contribution in [0.15, 0.2) is 83.3 Å². The van der Waals surface area contributed by atoms with E-state index in [0.717, 1.165) is 49.7 Å². The molecule has 5 nitrogen and oxygen atoms in total. The molecular weight excluding hydrogens is 492 g/mol. The normalized spacial score (nSPS) is 11.0. The Kier molecular flexibility index (Phi) is 7.60. The van der Waals surface area contributed by atoms with Gasteiger partial charge in [-0.25, -0.2) is 9.78 Å². The Morgan fingerprint density at radius 3 is 2.18 bits per heavy atom. The van der Waals surface area contributed by atoms with Crippen LogP contribution in [0.5, 0.6) is 5.75 Å². The standard InChI is InChI=1S/C28H25BrN2O3/c1-3-33-24-16-12-21(13-17-24)27-26(20-10-14-23(29)15-11-20)30-28(31-27)22-8-5-19(6-9-22)7-18-25(32)34-4-2/h5-18H,3-4H2,1-2H3,(H,30,31)/b18-7+. The molecule has 4 aromatic rings. The summed E-state index contributed by atoms with van der Waals surface area (Å²) >= 11 is 3.51. The van der Waals surface area contributed by atoms with E-state index in [9.17, 15) is 4.79 Å². The van der Waals surface area contributed by atoms with Gasteiger partial charge in [-0.15, -0.1) is 0 Å². The van der Waals surface area contributed by atoms with Gasteiger partial charge in [0.2, 0.25) is 0 Å². The highest BCUT2D eigenvalue weighted by Crippen LogP contribution is 2.34. The third-order valence-electron chi connectivity index (χ3n) is 5.16. The summed E-state index contributed by atoms with van der Waals surface area (Å²) in [5, 5.41) is 0. The van der Waals surface area contributed by atoms with Crippen LogP contribution in [0.4, 0.5) is 0 Å².